The quantitative estimate of drug-likeness (QED) is 0.679. The average Bonchev–Trinajstić information content (AvgIpc) is 3.17. The predicted octanol–water partition coefficient (Wildman–Crippen LogP) is 2.67. The molecule has 1 atom stereocenters. The Kier molecular flexibility index (Phi) is 4.80. The Bertz CT molecular complexity index is 1030. The molecule has 0 aliphatic carbocycles. The molecule has 2 aromatic carbocycles. The first-order valence-corrected chi connectivity index (χ1v) is 10.6. The van der Waals surface area contributed by atoms with Gasteiger partial charge in [0, 0.05) is 31.6 Å². The summed E-state index contributed by atoms with van der Waals surface area (Å²) in [5, 5.41) is 0.996. The molecule has 0 spiro atoms. The number of hydrogen-bond donors (Lipinski definition) is 0. The number of nitrogens with zero attached hydrogens (tertiary/aromatic N) is 4. The molecule has 1 fully saturated rings. The highest BCUT2D eigenvalue weighted by atomic mass is 32.2. The lowest BCUT2D eigenvalue weighted by atomic mass is 10.2. The van der Waals surface area contributed by atoms with E-state index >= 15 is 0 Å². The maximum Gasteiger partial charge on any atom is 0.218 e. The van der Waals surface area contributed by atoms with Crippen LogP contribution in [0.4, 0.5) is 5.82 Å². The fourth-order valence-corrected chi connectivity index (χ4v) is 5.03. The molecule has 4 rings (SSSR count). The lowest BCUT2D eigenvalue weighted by molar-refractivity contribution is 0.389. The molecule has 0 amide bonds. The van der Waals surface area contributed by atoms with Crippen molar-refractivity contribution in [1.82, 2.24) is 14.3 Å². The van der Waals surface area contributed by atoms with Gasteiger partial charge in [-0.1, -0.05) is 42.5 Å². The molecule has 1 aliphatic rings. The molecule has 1 unspecified atom stereocenters. The van der Waals surface area contributed by atoms with E-state index in [9.17, 15) is 8.42 Å². The van der Waals surface area contributed by atoms with E-state index in [4.69, 9.17) is 0 Å². The fraction of sp³-hybridized carbons (Fsp3) is 0.300. The Morgan fingerprint density at radius 2 is 1.81 bits per heavy atom. The Balaban J connectivity index is 1.52. The van der Waals surface area contributed by atoms with Crippen LogP contribution >= 0.6 is 0 Å². The van der Waals surface area contributed by atoms with Gasteiger partial charge in [-0.25, -0.2) is 18.4 Å². The summed E-state index contributed by atoms with van der Waals surface area (Å²) in [5.41, 5.74) is 1.71. The number of sulfonamides is 1. The monoisotopic (exact) mass is 382 g/mol. The largest absolute Gasteiger partial charge is 0.354 e. The standard InChI is InChI=1S/C20H22N4O2S/c1-23(27(25,26)14-16-7-3-2-4-8-16)17-11-12-24(13-17)20-18-9-5-6-10-19(18)21-15-22-20/h2-10,15,17H,11-14H2,1H3. The van der Waals surface area contributed by atoms with Gasteiger partial charge in [-0.3, -0.25) is 0 Å². The van der Waals surface area contributed by atoms with Crippen LogP contribution in [-0.4, -0.2) is 48.9 Å². The lowest BCUT2D eigenvalue weighted by Crippen LogP contribution is -2.39. The van der Waals surface area contributed by atoms with E-state index in [-0.39, 0.29) is 11.8 Å². The SMILES string of the molecule is CN(C1CCN(c2ncnc3ccccc23)C1)S(=O)(=O)Cc1ccccc1. The summed E-state index contributed by atoms with van der Waals surface area (Å²) in [4.78, 5) is 10.9. The number of rotatable bonds is 5. The fourth-order valence-electron chi connectivity index (χ4n) is 3.59. The third-order valence-corrected chi connectivity index (χ3v) is 7.00. The molecule has 0 N–H and O–H groups in total. The van der Waals surface area contributed by atoms with Gasteiger partial charge in [0.25, 0.3) is 0 Å². The van der Waals surface area contributed by atoms with Crippen molar-refractivity contribution in [3.63, 3.8) is 0 Å². The third-order valence-electron chi connectivity index (χ3n) is 5.13. The summed E-state index contributed by atoms with van der Waals surface area (Å²) in [6, 6.07) is 17.1. The summed E-state index contributed by atoms with van der Waals surface area (Å²) in [7, 11) is -1.69. The minimum atomic E-state index is -3.37. The van der Waals surface area contributed by atoms with E-state index in [1.165, 1.54) is 4.31 Å². The molecule has 1 aliphatic heterocycles. The van der Waals surface area contributed by atoms with Gasteiger partial charge in [-0.2, -0.15) is 4.31 Å². The number of anilines is 1. The molecule has 1 aromatic heterocycles. The molecule has 0 bridgehead atoms. The van der Waals surface area contributed by atoms with Crippen LogP contribution in [0.25, 0.3) is 10.9 Å². The Morgan fingerprint density at radius 1 is 1.07 bits per heavy atom. The van der Waals surface area contributed by atoms with Crippen LogP contribution in [0.15, 0.2) is 60.9 Å². The highest BCUT2D eigenvalue weighted by Gasteiger charge is 2.33. The summed E-state index contributed by atoms with van der Waals surface area (Å²) in [6.45, 7) is 1.41. The predicted molar refractivity (Wildman–Crippen MR) is 107 cm³/mol. The van der Waals surface area contributed by atoms with Crippen molar-refractivity contribution in [3.8, 4) is 0 Å². The molecule has 140 valence electrons. The first kappa shape index (κ1) is 17.9. The summed E-state index contributed by atoms with van der Waals surface area (Å²) in [5.74, 6) is 0.897. The van der Waals surface area contributed by atoms with Crippen LogP contribution in [0, 0.1) is 0 Å². The zero-order valence-corrected chi connectivity index (χ0v) is 16.0. The third kappa shape index (κ3) is 3.65. The van der Waals surface area contributed by atoms with Crippen molar-refractivity contribution >= 4 is 26.7 Å². The average molecular weight is 382 g/mol. The molecule has 2 heterocycles. The Hall–Kier alpha value is -2.51. The van der Waals surface area contributed by atoms with E-state index in [1.807, 2.05) is 54.6 Å². The van der Waals surface area contributed by atoms with Gasteiger partial charge in [-0.15, -0.1) is 0 Å². The van der Waals surface area contributed by atoms with Crippen molar-refractivity contribution in [2.45, 2.75) is 18.2 Å². The second-order valence-corrected chi connectivity index (χ2v) is 8.89. The topological polar surface area (TPSA) is 66.4 Å². The molecular formula is C20H22N4O2S. The van der Waals surface area contributed by atoms with Gasteiger partial charge >= 0.3 is 0 Å². The van der Waals surface area contributed by atoms with Crippen molar-refractivity contribution in [3.05, 3.63) is 66.5 Å². The van der Waals surface area contributed by atoms with Gasteiger partial charge in [0.05, 0.1) is 11.3 Å². The zero-order valence-electron chi connectivity index (χ0n) is 15.2. The molecule has 27 heavy (non-hydrogen) atoms. The van der Waals surface area contributed by atoms with E-state index < -0.39 is 10.0 Å². The minimum absolute atomic E-state index is 0.0251. The Morgan fingerprint density at radius 3 is 2.63 bits per heavy atom. The molecule has 1 saturated heterocycles. The number of likely N-dealkylation sites (N-methyl/N-ethyl adjacent to an activating group) is 1. The number of aromatic nitrogens is 2. The van der Waals surface area contributed by atoms with E-state index in [0.29, 0.717) is 6.54 Å². The van der Waals surface area contributed by atoms with Gasteiger partial charge in [0.1, 0.15) is 12.1 Å². The summed E-state index contributed by atoms with van der Waals surface area (Å²) >= 11 is 0. The van der Waals surface area contributed by atoms with Crippen LogP contribution in [0.2, 0.25) is 0 Å². The first-order chi connectivity index (χ1) is 13.0. The molecule has 6 nitrogen and oxygen atoms in total. The minimum Gasteiger partial charge on any atom is -0.354 e. The lowest BCUT2D eigenvalue weighted by Gasteiger charge is -2.25. The van der Waals surface area contributed by atoms with Crippen LogP contribution < -0.4 is 4.90 Å². The summed E-state index contributed by atoms with van der Waals surface area (Å²) in [6.07, 6.45) is 2.35. The van der Waals surface area contributed by atoms with Crippen molar-refractivity contribution in [2.24, 2.45) is 0 Å². The van der Waals surface area contributed by atoms with Gasteiger partial charge in [0.2, 0.25) is 10.0 Å². The van der Waals surface area contributed by atoms with E-state index in [1.54, 1.807) is 13.4 Å². The van der Waals surface area contributed by atoms with Crippen molar-refractivity contribution < 1.29 is 8.42 Å². The van der Waals surface area contributed by atoms with E-state index in [0.717, 1.165) is 35.2 Å². The number of para-hydroxylation sites is 1. The van der Waals surface area contributed by atoms with E-state index in [2.05, 4.69) is 14.9 Å². The smallest absolute Gasteiger partial charge is 0.218 e. The number of benzene rings is 2. The van der Waals surface area contributed by atoms with Gasteiger partial charge in [-0.05, 0) is 24.1 Å². The highest BCUT2D eigenvalue weighted by molar-refractivity contribution is 7.88. The van der Waals surface area contributed by atoms with Crippen LogP contribution in [-0.2, 0) is 15.8 Å². The van der Waals surface area contributed by atoms with Gasteiger partial charge in [0.15, 0.2) is 0 Å². The molecule has 0 saturated carbocycles. The second-order valence-electron chi connectivity index (χ2n) is 6.86. The van der Waals surface area contributed by atoms with Crippen LogP contribution in [0.1, 0.15) is 12.0 Å². The maximum atomic E-state index is 12.8. The molecular weight excluding hydrogens is 360 g/mol. The summed E-state index contributed by atoms with van der Waals surface area (Å²) < 4.78 is 27.2. The van der Waals surface area contributed by atoms with Crippen molar-refractivity contribution in [2.75, 3.05) is 25.0 Å². The zero-order chi connectivity index (χ0) is 18.9. The molecule has 7 heteroatoms. The second kappa shape index (κ2) is 7.25. The van der Waals surface area contributed by atoms with Crippen LogP contribution in [0.3, 0.4) is 0 Å². The number of fused-ring (bicyclic) bond motifs is 1. The highest BCUT2D eigenvalue weighted by Crippen LogP contribution is 2.28. The first-order valence-electron chi connectivity index (χ1n) is 8.99. The maximum absolute atomic E-state index is 12.8. The number of hydrogen-bond acceptors (Lipinski definition) is 5. The Labute approximate surface area is 159 Å². The normalized spacial score (nSPS) is 17.7. The van der Waals surface area contributed by atoms with Crippen LogP contribution in [0.5, 0.6) is 0 Å². The van der Waals surface area contributed by atoms with Gasteiger partial charge < -0.3 is 4.90 Å². The van der Waals surface area contributed by atoms with Crippen molar-refractivity contribution in [1.29, 1.82) is 0 Å². The molecule has 3 aromatic rings. The molecule has 0 radical (unpaired) electrons.